The van der Waals surface area contributed by atoms with E-state index in [0.717, 1.165) is 17.1 Å². The van der Waals surface area contributed by atoms with Gasteiger partial charge in [-0.05, 0) is 12.1 Å². The predicted molar refractivity (Wildman–Crippen MR) is 61.5 cm³/mol. The summed E-state index contributed by atoms with van der Waals surface area (Å²) in [7, 11) is 0. The number of alkyl halides is 3. The Bertz CT molecular complexity index is 563. The van der Waals surface area contributed by atoms with Crippen LogP contribution in [0.4, 0.5) is 13.2 Å². The molecule has 0 bridgehead atoms. The van der Waals surface area contributed by atoms with Gasteiger partial charge in [-0.2, -0.15) is 18.3 Å². The van der Waals surface area contributed by atoms with Crippen molar-refractivity contribution in [3.8, 4) is 5.69 Å². The highest BCUT2D eigenvalue weighted by molar-refractivity contribution is 6.31. The average molecular weight is 276 g/mol. The Morgan fingerprint density at radius 3 is 2.61 bits per heavy atom. The van der Waals surface area contributed by atoms with E-state index < -0.39 is 11.7 Å². The molecule has 0 aliphatic carbocycles. The first kappa shape index (κ1) is 12.9. The fraction of sp³-hybridized carbons (Fsp3) is 0.182. The zero-order chi connectivity index (χ0) is 13.3. The molecule has 0 atom stereocenters. The van der Waals surface area contributed by atoms with E-state index in [1.807, 2.05) is 0 Å². The molecule has 2 rings (SSSR count). The topological polar surface area (TPSA) is 43.8 Å². The van der Waals surface area contributed by atoms with Gasteiger partial charge in [0, 0.05) is 23.3 Å². The first-order valence-corrected chi connectivity index (χ1v) is 5.41. The lowest BCUT2D eigenvalue weighted by Gasteiger charge is -2.09. The Hall–Kier alpha value is -1.53. The van der Waals surface area contributed by atoms with Gasteiger partial charge in [0.15, 0.2) is 0 Å². The second-order valence-corrected chi connectivity index (χ2v) is 4.02. The van der Waals surface area contributed by atoms with Crippen molar-refractivity contribution >= 4 is 11.6 Å². The third kappa shape index (κ3) is 2.34. The van der Waals surface area contributed by atoms with Crippen LogP contribution < -0.4 is 5.73 Å². The van der Waals surface area contributed by atoms with E-state index in [1.54, 1.807) is 18.2 Å². The smallest absolute Gasteiger partial charge is 0.326 e. The summed E-state index contributed by atoms with van der Waals surface area (Å²) in [6, 6.07) is 4.87. The van der Waals surface area contributed by atoms with Crippen molar-refractivity contribution in [1.82, 2.24) is 9.78 Å². The van der Waals surface area contributed by atoms with Gasteiger partial charge >= 0.3 is 6.18 Å². The predicted octanol–water partition coefficient (Wildman–Crippen LogP) is 3.00. The van der Waals surface area contributed by atoms with Crippen LogP contribution in [0.25, 0.3) is 5.69 Å². The zero-order valence-corrected chi connectivity index (χ0v) is 9.83. The van der Waals surface area contributed by atoms with E-state index in [1.165, 1.54) is 0 Å². The monoisotopic (exact) mass is 275 g/mol. The van der Waals surface area contributed by atoms with Crippen LogP contribution in [0.1, 0.15) is 11.1 Å². The van der Waals surface area contributed by atoms with Gasteiger partial charge in [-0.3, -0.25) is 0 Å². The summed E-state index contributed by atoms with van der Waals surface area (Å²) < 4.78 is 38.5. The summed E-state index contributed by atoms with van der Waals surface area (Å²) in [6.45, 7) is 0.121. The van der Waals surface area contributed by atoms with Gasteiger partial charge in [-0.15, -0.1) is 0 Å². The molecule has 0 saturated carbocycles. The third-order valence-corrected chi connectivity index (χ3v) is 2.81. The SMILES string of the molecule is NCc1c(Cl)cccc1-n1cc(C(F)(F)F)cn1. The molecule has 0 saturated heterocycles. The lowest BCUT2D eigenvalue weighted by molar-refractivity contribution is -0.137. The van der Waals surface area contributed by atoms with Gasteiger partial charge in [-0.1, -0.05) is 17.7 Å². The first-order valence-electron chi connectivity index (χ1n) is 5.03. The van der Waals surface area contributed by atoms with E-state index in [-0.39, 0.29) is 6.54 Å². The number of nitrogens with zero attached hydrogens (tertiary/aromatic N) is 2. The highest BCUT2D eigenvalue weighted by atomic mass is 35.5. The molecular weight excluding hydrogens is 267 g/mol. The summed E-state index contributed by atoms with van der Waals surface area (Å²) in [6.07, 6.45) is -2.74. The number of hydrogen-bond donors (Lipinski definition) is 1. The van der Waals surface area contributed by atoms with Gasteiger partial charge < -0.3 is 5.73 Å². The third-order valence-electron chi connectivity index (χ3n) is 2.45. The largest absolute Gasteiger partial charge is 0.419 e. The highest BCUT2D eigenvalue weighted by Gasteiger charge is 2.32. The maximum absolute atomic E-state index is 12.5. The summed E-state index contributed by atoms with van der Waals surface area (Å²) >= 11 is 5.93. The number of aromatic nitrogens is 2. The van der Waals surface area contributed by atoms with Crippen molar-refractivity contribution in [3.05, 3.63) is 46.7 Å². The average Bonchev–Trinajstić information content (AvgIpc) is 2.77. The van der Waals surface area contributed by atoms with Crippen molar-refractivity contribution in [2.45, 2.75) is 12.7 Å². The Balaban J connectivity index is 2.50. The molecule has 96 valence electrons. The molecule has 7 heteroatoms. The van der Waals surface area contributed by atoms with E-state index in [9.17, 15) is 13.2 Å². The number of rotatable bonds is 2. The minimum absolute atomic E-state index is 0.121. The summed E-state index contributed by atoms with van der Waals surface area (Å²) in [5, 5.41) is 4.09. The molecule has 0 amide bonds. The van der Waals surface area contributed by atoms with Crippen LogP contribution in [-0.2, 0) is 12.7 Å². The molecule has 0 fully saturated rings. The van der Waals surface area contributed by atoms with Crippen LogP contribution in [0.2, 0.25) is 5.02 Å². The number of hydrogen-bond acceptors (Lipinski definition) is 2. The lowest BCUT2D eigenvalue weighted by Crippen LogP contribution is -2.06. The maximum Gasteiger partial charge on any atom is 0.419 e. The van der Waals surface area contributed by atoms with E-state index in [4.69, 9.17) is 17.3 Å². The highest BCUT2D eigenvalue weighted by Crippen LogP contribution is 2.30. The quantitative estimate of drug-likeness (QED) is 0.916. The molecule has 2 N–H and O–H groups in total. The second kappa shape index (κ2) is 4.62. The van der Waals surface area contributed by atoms with Crippen LogP contribution in [0.15, 0.2) is 30.6 Å². The Morgan fingerprint density at radius 2 is 2.06 bits per heavy atom. The van der Waals surface area contributed by atoms with Crippen LogP contribution in [0.5, 0.6) is 0 Å². The van der Waals surface area contributed by atoms with Crippen LogP contribution >= 0.6 is 11.6 Å². The van der Waals surface area contributed by atoms with Crippen molar-refractivity contribution in [2.24, 2.45) is 5.73 Å². The molecule has 3 nitrogen and oxygen atoms in total. The first-order chi connectivity index (χ1) is 8.43. The van der Waals surface area contributed by atoms with Crippen LogP contribution in [0, 0.1) is 0 Å². The minimum atomic E-state index is -4.42. The van der Waals surface area contributed by atoms with Crippen LogP contribution in [0.3, 0.4) is 0 Å². The Labute approximate surface area is 106 Å². The summed E-state index contributed by atoms with van der Waals surface area (Å²) in [5.41, 5.74) is 5.72. The fourth-order valence-corrected chi connectivity index (χ4v) is 1.81. The molecule has 1 heterocycles. The Morgan fingerprint density at radius 1 is 1.33 bits per heavy atom. The van der Waals surface area contributed by atoms with Gasteiger partial charge in [0.05, 0.1) is 17.4 Å². The van der Waals surface area contributed by atoms with E-state index >= 15 is 0 Å². The standard InChI is InChI=1S/C11H9ClF3N3/c12-9-2-1-3-10(8(9)4-16)18-6-7(5-17-18)11(13,14)15/h1-3,5-6H,4,16H2. The normalized spacial score (nSPS) is 11.8. The number of halogens is 4. The number of benzene rings is 1. The van der Waals surface area contributed by atoms with Crippen molar-refractivity contribution < 1.29 is 13.2 Å². The lowest BCUT2D eigenvalue weighted by atomic mass is 10.2. The van der Waals surface area contributed by atoms with Crippen molar-refractivity contribution in [2.75, 3.05) is 0 Å². The van der Waals surface area contributed by atoms with Gasteiger partial charge in [0.25, 0.3) is 0 Å². The molecular formula is C11H9ClF3N3. The molecule has 0 aliphatic heterocycles. The van der Waals surface area contributed by atoms with E-state index in [0.29, 0.717) is 16.3 Å². The van der Waals surface area contributed by atoms with Crippen LogP contribution in [-0.4, -0.2) is 9.78 Å². The summed E-state index contributed by atoms with van der Waals surface area (Å²) in [5.74, 6) is 0. The van der Waals surface area contributed by atoms with Gasteiger partial charge in [0.2, 0.25) is 0 Å². The number of nitrogens with two attached hydrogens (primary N) is 1. The molecule has 0 unspecified atom stereocenters. The molecule has 0 aliphatic rings. The van der Waals surface area contributed by atoms with E-state index in [2.05, 4.69) is 5.10 Å². The maximum atomic E-state index is 12.5. The Kier molecular flexibility index (Phi) is 3.32. The summed E-state index contributed by atoms with van der Waals surface area (Å²) in [4.78, 5) is 0. The van der Waals surface area contributed by atoms with Crippen molar-refractivity contribution in [1.29, 1.82) is 0 Å². The molecule has 0 spiro atoms. The molecule has 18 heavy (non-hydrogen) atoms. The fourth-order valence-electron chi connectivity index (χ4n) is 1.56. The van der Waals surface area contributed by atoms with Gasteiger partial charge in [0.1, 0.15) is 0 Å². The van der Waals surface area contributed by atoms with Crippen molar-refractivity contribution in [3.63, 3.8) is 0 Å². The molecule has 0 radical (unpaired) electrons. The second-order valence-electron chi connectivity index (χ2n) is 3.61. The molecule has 2 aromatic rings. The van der Waals surface area contributed by atoms with Gasteiger partial charge in [-0.25, -0.2) is 4.68 Å². The zero-order valence-electron chi connectivity index (χ0n) is 9.08. The molecule has 1 aromatic carbocycles. The minimum Gasteiger partial charge on any atom is -0.326 e. The molecule has 1 aromatic heterocycles.